The van der Waals surface area contributed by atoms with Crippen LogP contribution >= 0.6 is 23.1 Å². The maximum Gasteiger partial charge on any atom is 0.252 e. The molecule has 2 aromatic rings. The lowest BCUT2D eigenvalue weighted by atomic mass is 9.99. The molecule has 0 bridgehead atoms. The lowest BCUT2D eigenvalue weighted by Crippen LogP contribution is -2.41. The van der Waals surface area contributed by atoms with Crippen LogP contribution in [0.2, 0.25) is 0 Å². The van der Waals surface area contributed by atoms with Crippen molar-refractivity contribution in [1.82, 2.24) is 8.87 Å². The van der Waals surface area contributed by atoms with Gasteiger partial charge in [-0.3, -0.25) is 4.79 Å². The number of sulfonamides is 1. The quantitative estimate of drug-likeness (QED) is 0.741. The SMILES string of the molecule is CSc1ccc2c(c1)sc(=NC(=O)C1CCCN(S(C)(=O)=O)C1)n2C. The van der Waals surface area contributed by atoms with Crippen LogP contribution in [0.15, 0.2) is 28.1 Å². The summed E-state index contributed by atoms with van der Waals surface area (Å²) >= 11 is 3.16. The molecule has 1 atom stereocenters. The number of carbonyl (C=O) groups is 1. The summed E-state index contributed by atoms with van der Waals surface area (Å²) in [6.07, 6.45) is 4.58. The molecule has 2 heterocycles. The van der Waals surface area contributed by atoms with E-state index < -0.39 is 10.0 Å². The maximum absolute atomic E-state index is 12.6. The van der Waals surface area contributed by atoms with Gasteiger partial charge in [-0.05, 0) is 37.3 Å². The molecule has 1 aliphatic heterocycles. The van der Waals surface area contributed by atoms with E-state index in [1.54, 1.807) is 11.8 Å². The number of aryl methyl sites for hydroxylation is 1. The van der Waals surface area contributed by atoms with Crippen molar-refractivity contribution >= 4 is 49.2 Å². The average Bonchev–Trinajstić information content (AvgIpc) is 2.89. The van der Waals surface area contributed by atoms with Crippen LogP contribution in [0, 0.1) is 5.92 Å². The van der Waals surface area contributed by atoms with Gasteiger partial charge in [0.1, 0.15) is 0 Å². The third kappa shape index (κ3) is 3.99. The highest BCUT2D eigenvalue weighted by Crippen LogP contribution is 2.24. The van der Waals surface area contributed by atoms with Gasteiger partial charge in [-0.15, -0.1) is 11.8 Å². The molecule has 0 saturated carbocycles. The number of thiazole rings is 1. The standard InChI is InChI=1S/C16H21N3O3S3/c1-18-13-7-6-12(23-2)9-14(13)24-16(18)17-15(20)11-5-4-8-19(10-11)25(3,21)22/h6-7,9,11H,4-5,8,10H2,1-3H3. The first-order valence-electron chi connectivity index (χ1n) is 7.97. The van der Waals surface area contributed by atoms with Gasteiger partial charge in [-0.2, -0.15) is 4.99 Å². The van der Waals surface area contributed by atoms with E-state index in [0.717, 1.165) is 10.2 Å². The van der Waals surface area contributed by atoms with Gasteiger partial charge in [-0.1, -0.05) is 11.3 Å². The highest BCUT2D eigenvalue weighted by atomic mass is 32.2. The van der Waals surface area contributed by atoms with Crippen molar-refractivity contribution in [3.8, 4) is 0 Å². The number of hydrogen-bond donors (Lipinski definition) is 0. The van der Waals surface area contributed by atoms with Crippen molar-refractivity contribution in [3.63, 3.8) is 0 Å². The van der Waals surface area contributed by atoms with Crippen LogP contribution in [0.5, 0.6) is 0 Å². The molecule has 1 amide bonds. The first-order valence-corrected chi connectivity index (χ1v) is 11.9. The van der Waals surface area contributed by atoms with Crippen LogP contribution in [0.3, 0.4) is 0 Å². The van der Waals surface area contributed by atoms with E-state index in [9.17, 15) is 13.2 Å². The molecule has 3 rings (SSSR count). The second kappa shape index (κ2) is 7.22. The molecule has 0 aliphatic carbocycles. The van der Waals surface area contributed by atoms with Crippen LogP contribution in [0.25, 0.3) is 10.2 Å². The van der Waals surface area contributed by atoms with E-state index in [1.165, 1.54) is 26.8 Å². The van der Waals surface area contributed by atoms with E-state index in [2.05, 4.69) is 17.1 Å². The number of carbonyl (C=O) groups excluding carboxylic acids is 1. The Morgan fingerprint density at radius 3 is 2.84 bits per heavy atom. The number of aromatic nitrogens is 1. The van der Waals surface area contributed by atoms with Gasteiger partial charge in [0.15, 0.2) is 4.80 Å². The van der Waals surface area contributed by atoms with Crippen molar-refractivity contribution in [2.24, 2.45) is 18.0 Å². The molecule has 136 valence electrons. The van der Waals surface area contributed by atoms with Crippen LogP contribution < -0.4 is 4.80 Å². The van der Waals surface area contributed by atoms with Gasteiger partial charge in [0.2, 0.25) is 10.0 Å². The fraction of sp³-hybridized carbons (Fsp3) is 0.500. The number of rotatable bonds is 3. The Balaban J connectivity index is 1.91. The molecule has 6 nitrogen and oxygen atoms in total. The second-order valence-corrected chi connectivity index (χ2v) is 10.1. The van der Waals surface area contributed by atoms with Crippen molar-refractivity contribution in [2.45, 2.75) is 17.7 Å². The van der Waals surface area contributed by atoms with E-state index in [1.807, 2.05) is 23.9 Å². The maximum atomic E-state index is 12.6. The fourth-order valence-corrected chi connectivity index (χ4v) is 5.47. The molecule has 0 radical (unpaired) electrons. The first kappa shape index (κ1) is 18.6. The summed E-state index contributed by atoms with van der Waals surface area (Å²) in [5, 5.41) is 0. The second-order valence-electron chi connectivity index (χ2n) is 6.19. The average molecular weight is 400 g/mol. The first-order chi connectivity index (χ1) is 11.8. The monoisotopic (exact) mass is 399 g/mol. The lowest BCUT2D eigenvalue weighted by molar-refractivity contribution is -0.122. The zero-order valence-electron chi connectivity index (χ0n) is 14.4. The van der Waals surface area contributed by atoms with Crippen molar-refractivity contribution < 1.29 is 13.2 Å². The van der Waals surface area contributed by atoms with E-state index in [4.69, 9.17) is 0 Å². The Morgan fingerprint density at radius 1 is 1.40 bits per heavy atom. The van der Waals surface area contributed by atoms with Gasteiger partial charge >= 0.3 is 0 Å². The predicted molar refractivity (Wildman–Crippen MR) is 102 cm³/mol. The summed E-state index contributed by atoms with van der Waals surface area (Å²) in [6, 6.07) is 6.18. The largest absolute Gasteiger partial charge is 0.319 e. The number of fused-ring (bicyclic) bond motifs is 1. The number of hydrogen-bond acceptors (Lipinski definition) is 5. The van der Waals surface area contributed by atoms with Crippen LogP contribution in [-0.2, 0) is 21.9 Å². The Kier molecular flexibility index (Phi) is 5.38. The third-order valence-corrected chi connectivity index (χ3v) is 7.51. The summed E-state index contributed by atoms with van der Waals surface area (Å²) in [6.45, 7) is 0.711. The van der Waals surface area contributed by atoms with Gasteiger partial charge in [-0.25, -0.2) is 12.7 Å². The number of benzene rings is 1. The number of thioether (sulfide) groups is 1. The summed E-state index contributed by atoms with van der Waals surface area (Å²) in [7, 11) is -1.37. The van der Waals surface area contributed by atoms with Crippen LogP contribution in [-0.4, -0.2) is 48.8 Å². The van der Waals surface area contributed by atoms with E-state index >= 15 is 0 Å². The van der Waals surface area contributed by atoms with Crippen LogP contribution in [0.4, 0.5) is 0 Å². The zero-order chi connectivity index (χ0) is 18.2. The normalized spacial score (nSPS) is 20.3. The molecule has 1 aliphatic rings. The molecular weight excluding hydrogens is 378 g/mol. The van der Waals surface area contributed by atoms with Gasteiger partial charge in [0.25, 0.3) is 5.91 Å². The Hall–Kier alpha value is -1.16. The number of amides is 1. The molecule has 0 spiro atoms. The Labute approximate surface area is 155 Å². The van der Waals surface area contributed by atoms with E-state index in [-0.39, 0.29) is 18.4 Å². The summed E-state index contributed by atoms with van der Waals surface area (Å²) in [5.74, 6) is -0.601. The molecule has 1 aromatic carbocycles. The van der Waals surface area contributed by atoms with Gasteiger partial charge in [0, 0.05) is 25.0 Å². The molecule has 25 heavy (non-hydrogen) atoms. The third-order valence-electron chi connectivity index (χ3n) is 4.42. The van der Waals surface area contributed by atoms with E-state index in [0.29, 0.717) is 24.2 Å². The highest BCUT2D eigenvalue weighted by molar-refractivity contribution is 7.98. The van der Waals surface area contributed by atoms with Crippen molar-refractivity contribution in [3.05, 3.63) is 23.0 Å². The minimum atomic E-state index is -3.27. The Bertz CT molecular complexity index is 975. The molecule has 1 aromatic heterocycles. The minimum Gasteiger partial charge on any atom is -0.319 e. The fourth-order valence-electron chi connectivity index (χ4n) is 2.98. The highest BCUT2D eigenvalue weighted by Gasteiger charge is 2.30. The Morgan fingerprint density at radius 2 is 2.16 bits per heavy atom. The van der Waals surface area contributed by atoms with Crippen LogP contribution in [0.1, 0.15) is 12.8 Å². The lowest BCUT2D eigenvalue weighted by Gasteiger charge is -2.28. The molecule has 1 fully saturated rings. The molecule has 9 heteroatoms. The zero-order valence-corrected chi connectivity index (χ0v) is 16.9. The van der Waals surface area contributed by atoms with Crippen molar-refractivity contribution in [1.29, 1.82) is 0 Å². The summed E-state index contributed by atoms with van der Waals surface area (Å²) < 4.78 is 27.8. The van der Waals surface area contributed by atoms with Crippen molar-refractivity contribution in [2.75, 3.05) is 25.6 Å². The smallest absolute Gasteiger partial charge is 0.252 e. The van der Waals surface area contributed by atoms with Gasteiger partial charge < -0.3 is 4.57 Å². The molecule has 1 unspecified atom stereocenters. The molecule has 1 saturated heterocycles. The summed E-state index contributed by atoms with van der Waals surface area (Å²) in [5.41, 5.74) is 1.04. The number of nitrogens with zero attached hydrogens (tertiary/aromatic N) is 3. The topological polar surface area (TPSA) is 71.7 Å². The molecular formula is C16H21N3O3S3. The molecule has 0 N–H and O–H groups in total. The summed E-state index contributed by atoms with van der Waals surface area (Å²) in [4.78, 5) is 18.7. The minimum absolute atomic E-state index is 0.229. The predicted octanol–water partition coefficient (Wildman–Crippen LogP) is 2.06. The van der Waals surface area contributed by atoms with Gasteiger partial charge in [0.05, 0.1) is 22.4 Å². The number of piperidine rings is 1.